The highest BCUT2D eigenvalue weighted by Crippen LogP contribution is 2.10. The van der Waals surface area contributed by atoms with Gasteiger partial charge in [-0.2, -0.15) is 0 Å². The maximum Gasteiger partial charge on any atom is 0.240 e. The van der Waals surface area contributed by atoms with Gasteiger partial charge in [0.15, 0.2) is 5.13 Å². The van der Waals surface area contributed by atoms with Crippen LogP contribution in [0.3, 0.4) is 0 Å². The summed E-state index contributed by atoms with van der Waals surface area (Å²) in [5.41, 5.74) is 0. The van der Waals surface area contributed by atoms with Gasteiger partial charge in [0.05, 0.1) is 6.54 Å². The van der Waals surface area contributed by atoms with Gasteiger partial charge in [-0.15, -0.1) is 22.7 Å². The lowest BCUT2D eigenvalue weighted by molar-refractivity contribution is -0.115. The topological polar surface area (TPSA) is 54.0 Å². The molecule has 0 saturated heterocycles. The first-order valence-corrected chi connectivity index (χ1v) is 6.53. The Hall–Kier alpha value is -1.24. The van der Waals surface area contributed by atoms with Crippen LogP contribution in [0, 0.1) is 0 Å². The van der Waals surface area contributed by atoms with E-state index in [1.54, 1.807) is 17.5 Å². The fourth-order valence-corrected chi connectivity index (χ4v) is 2.38. The summed E-state index contributed by atoms with van der Waals surface area (Å²) in [6.07, 6.45) is 1.67. The van der Waals surface area contributed by atoms with Crippen molar-refractivity contribution in [2.45, 2.75) is 6.54 Å². The number of hydrogen-bond acceptors (Lipinski definition) is 5. The molecule has 4 nitrogen and oxygen atoms in total. The third-order valence-electron chi connectivity index (χ3n) is 1.84. The monoisotopic (exact) mass is 253 g/mol. The Morgan fingerprint density at radius 3 is 3.00 bits per heavy atom. The van der Waals surface area contributed by atoms with Gasteiger partial charge < -0.3 is 10.6 Å². The van der Waals surface area contributed by atoms with Crippen LogP contribution < -0.4 is 10.6 Å². The second-order valence-electron chi connectivity index (χ2n) is 3.07. The van der Waals surface area contributed by atoms with E-state index in [9.17, 15) is 4.79 Å². The van der Waals surface area contributed by atoms with E-state index >= 15 is 0 Å². The first kappa shape index (κ1) is 11.3. The molecule has 6 heteroatoms. The van der Waals surface area contributed by atoms with E-state index in [0.29, 0.717) is 11.7 Å². The molecule has 0 unspecified atom stereocenters. The highest BCUT2D eigenvalue weighted by atomic mass is 32.1. The van der Waals surface area contributed by atoms with Crippen molar-refractivity contribution in [1.29, 1.82) is 0 Å². The van der Waals surface area contributed by atoms with E-state index < -0.39 is 0 Å². The maximum absolute atomic E-state index is 11.4. The summed E-state index contributed by atoms with van der Waals surface area (Å²) in [6.45, 7) is 1.03. The predicted octanol–water partition coefficient (Wildman–Crippen LogP) is 1.93. The fourth-order valence-electron chi connectivity index (χ4n) is 1.16. The van der Waals surface area contributed by atoms with Crippen molar-refractivity contribution >= 4 is 33.7 Å². The van der Waals surface area contributed by atoms with Crippen LogP contribution in [0.1, 0.15) is 4.88 Å². The Morgan fingerprint density at radius 2 is 2.31 bits per heavy atom. The van der Waals surface area contributed by atoms with E-state index in [4.69, 9.17) is 0 Å². The van der Waals surface area contributed by atoms with E-state index in [1.807, 2.05) is 22.9 Å². The van der Waals surface area contributed by atoms with Crippen LogP contribution in [0.4, 0.5) is 5.13 Å². The molecule has 0 fully saturated rings. The third-order valence-corrected chi connectivity index (χ3v) is 3.41. The lowest BCUT2D eigenvalue weighted by Crippen LogP contribution is -2.27. The molecule has 0 aliphatic rings. The van der Waals surface area contributed by atoms with Crippen LogP contribution in [0.2, 0.25) is 0 Å². The number of nitrogens with zero attached hydrogens (tertiary/aromatic N) is 1. The first-order valence-electron chi connectivity index (χ1n) is 4.77. The number of nitrogens with one attached hydrogen (secondary N) is 2. The van der Waals surface area contributed by atoms with Gasteiger partial charge in [-0.05, 0) is 11.4 Å². The summed E-state index contributed by atoms with van der Waals surface area (Å²) in [7, 11) is 0. The van der Waals surface area contributed by atoms with Crippen LogP contribution in [0.15, 0.2) is 29.1 Å². The van der Waals surface area contributed by atoms with Crippen molar-refractivity contribution < 1.29 is 4.79 Å². The quantitative estimate of drug-likeness (QED) is 0.856. The molecule has 0 spiro atoms. The second-order valence-corrected chi connectivity index (χ2v) is 5.00. The molecule has 16 heavy (non-hydrogen) atoms. The molecule has 0 bridgehead atoms. The molecule has 0 radical (unpaired) electrons. The third kappa shape index (κ3) is 3.41. The fraction of sp³-hybridized carbons (Fsp3) is 0.200. The molecule has 2 N–H and O–H groups in total. The number of carbonyl (C=O) groups is 1. The Labute approximate surface area is 101 Å². The molecule has 0 aromatic carbocycles. The SMILES string of the molecule is O=C(CNCc1cccs1)Nc1nccs1. The molecule has 84 valence electrons. The van der Waals surface area contributed by atoms with Gasteiger partial charge >= 0.3 is 0 Å². The van der Waals surface area contributed by atoms with Gasteiger partial charge in [-0.3, -0.25) is 4.79 Å². The van der Waals surface area contributed by atoms with Crippen molar-refractivity contribution in [2.75, 3.05) is 11.9 Å². The van der Waals surface area contributed by atoms with Crippen molar-refractivity contribution in [2.24, 2.45) is 0 Å². The lowest BCUT2D eigenvalue weighted by Gasteiger charge is -2.02. The number of amides is 1. The number of carbonyl (C=O) groups excluding carboxylic acids is 1. The number of rotatable bonds is 5. The number of aromatic nitrogens is 1. The Bertz CT molecular complexity index is 425. The lowest BCUT2D eigenvalue weighted by atomic mass is 10.4. The summed E-state index contributed by atoms with van der Waals surface area (Å²) in [4.78, 5) is 16.6. The molecule has 2 rings (SSSR count). The zero-order valence-electron chi connectivity index (χ0n) is 8.47. The van der Waals surface area contributed by atoms with Crippen molar-refractivity contribution in [3.63, 3.8) is 0 Å². The maximum atomic E-state index is 11.4. The summed E-state index contributed by atoms with van der Waals surface area (Å²) in [5, 5.41) is 10.3. The van der Waals surface area contributed by atoms with E-state index in [-0.39, 0.29) is 5.91 Å². The largest absolute Gasteiger partial charge is 0.303 e. The summed E-state index contributed by atoms with van der Waals surface area (Å²) < 4.78 is 0. The van der Waals surface area contributed by atoms with Gasteiger partial charge in [-0.1, -0.05) is 6.07 Å². The van der Waals surface area contributed by atoms with Gasteiger partial charge in [0, 0.05) is 23.0 Å². The average Bonchev–Trinajstić information content (AvgIpc) is 2.90. The molecule has 0 saturated carbocycles. The molecule has 2 aromatic heterocycles. The van der Waals surface area contributed by atoms with Crippen molar-refractivity contribution in [1.82, 2.24) is 10.3 Å². The smallest absolute Gasteiger partial charge is 0.240 e. The summed E-state index contributed by atoms with van der Waals surface area (Å²) in [5.74, 6) is -0.0634. The zero-order valence-corrected chi connectivity index (χ0v) is 10.1. The molecule has 2 aromatic rings. The first-order chi connectivity index (χ1) is 7.84. The van der Waals surface area contributed by atoms with Crippen molar-refractivity contribution in [3.05, 3.63) is 34.0 Å². The Balaban J connectivity index is 1.68. The Kier molecular flexibility index (Phi) is 4.03. The van der Waals surface area contributed by atoms with Crippen LogP contribution in [0.5, 0.6) is 0 Å². The van der Waals surface area contributed by atoms with E-state index in [0.717, 1.165) is 6.54 Å². The molecule has 0 atom stereocenters. The number of anilines is 1. The minimum atomic E-state index is -0.0634. The molecule has 2 heterocycles. The van der Waals surface area contributed by atoms with Crippen LogP contribution >= 0.6 is 22.7 Å². The highest BCUT2D eigenvalue weighted by Gasteiger charge is 2.03. The Morgan fingerprint density at radius 1 is 1.38 bits per heavy atom. The van der Waals surface area contributed by atoms with Gasteiger partial charge in [0.2, 0.25) is 5.91 Å². The predicted molar refractivity (Wildman–Crippen MR) is 66.8 cm³/mol. The number of thiophene rings is 1. The van der Waals surface area contributed by atoms with E-state index in [2.05, 4.69) is 15.6 Å². The molecular weight excluding hydrogens is 242 g/mol. The molecule has 1 amide bonds. The minimum absolute atomic E-state index is 0.0634. The zero-order chi connectivity index (χ0) is 11.2. The summed E-state index contributed by atoms with van der Waals surface area (Å²) >= 11 is 3.09. The number of hydrogen-bond donors (Lipinski definition) is 2. The average molecular weight is 253 g/mol. The van der Waals surface area contributed by atoms with Gasteiger partial charge in [-0.25, -0.2) is 4.98 Å². The van der Waals surface area contributed by atoms with Crippen LogP contribution in [-0.4, -0.2) is 17.4 Å². The molecular formula is C10H11N3OS2. The van der Waals surface area contributed by atoms with Crippen LogP contribution in [0.25, 0.3) is 0 Å². The molecule has 0 aliphatic carbocycles. The van der Waals surface area contributed by atoms with Gasteiger partial charge in [0.1, 0.15) is 0 Å². The van der Waals surface area contributed by atoms with Crippen LogP contribution in [-0.2, 0) is 11.3 Å². The molecule has 0 aliphatic heterocycles. The standard InChI is InChI=1S/C10H11N3OS2/c14-9(13-10-12-3-5-16-10)7-11-6-8-2-1-4-15-8/h1-5,11H,6-7H2,(H,12,13,14). The van der Waals surface area contributed by atoms with Crippen molar-refractivity contribution in [3.8, 4) is 0 Å². The minimum Gasteiger partial charge on any atom is -0.303 e. The second kappa shape index (κ2) is 5.74. The summed E-state index contributed by atoms with van der Waals surface area (Å²) in [6, 6.07) is 4.04. The van der Waals surface area contributed by atoms with E-state index in [1.165, 1.54) is 16.2 Å². The number of thiazole rings is 1. The van der Waals surface area contributed by atoms with Gasteiger partial charge in [0.25, 0.3) is 0 Å². The normalized spacial score (nSPS) is 10.2. The highest BCUT2D eigenvalue weighted by molar-refractivity contribution is 7.13.